The zero-order valence-electron chi connectivity index (χ0n) is 17.3. The molecule has 0 N–H and O–H groups in total. The van der Waals surface area contributed by atoms with Crippen molar-refractivity contribution in [3.05, 3.63) is 47.7 Å². The van der Waals surface area contributed by atoms with Gasteiger partial charge in [0.2, 0.25) is 0 Å². The Kier molecular flexibility index (Phi) is 5.02. The van der Waals surface area contributed by atoms with Crippen molar-refractivity contribution in [1.29, 1.82) is 0 Å². The van der Waals surface area contributed by atoms with Gasteiger partial charge in [-0.1, -0.05) is 35.5 Å². The molecule has 0 radical (unpaired) electrons. The molecule has 1 atom stereocenters. The molecule has 0 spiro atoms. The fourth-order valence-electron chi connectivity index (χ4n) is 4.54. The van der Waals surface area contributed by atoms with Crippen LogP contribution in [-0.4, -0.2) is 78.0 Å². The van der Waals surface area contributed by atoms with E-state index in [-0.39, 0.29) is 23.5 Å². The average Bonchev–Trinajstić information content (AvgIpc) is 3.35. The first-order chi connectivity index (χ1) is 14.9. The van der Waals surface area contributed by atoms with E-state index in [4.69, 9.17) is 4.52 Å². The van der Waals surface area contributed by atoms with Gasteiger partial charge in [-0.25, -0.2) is 13.4 Å². The fraction of sp³-hybridized carbons (Fsp3) is 0.409. The minimum absolute atomic E-state index is 0.0693. The molecule has 162 valence electrons. The first-order valence-electron chi connectivity index (χ1n) is 10.5. The molecule has 2 fully saturated rings. The van der Waals surface area contributed by atoms with Crippen LogP contribution in [0.5, 0.6) is 0 Å². The SMILES string of the molecule is Cc1noc2nc(-c3ccccc3)cc(C(=O)N3CCN(C4CCS(=O)(=O)C4)CC3)c12. The Balaban J connectivity index is 1.40. The van der Waals surface area contributed by atoms with Crippen LogP contribution in [0.4, 0.5) is 0 Å². The third-order valence-corrected chi connectivity index (χ3v) is 7.99. The van der Waals surface area contributed by atoms with E-state index in [1.165, 1.54) is 0 Å². The number of nitrogens with zero attached hydrogens (tertiary/aromatic N) is 4. The summed E-state index contributed by atoms with van der Waals surface area (Å²) in [4.78, 5) is 22.1. The van der Waals surface area contributed by atoms with E-state index in [2.05, 4.69) is 15.0 Å². The standard InChI is InChI=1S/C22H24N4O4S/c1-15-20-18(13-19(23-21(20)30-24-15)16-5-3-2-4-6-16)22(27)26-10-8-25(9-11-26)17-7-12-31(28,29)14-17/h2-6,13,17H,7-12,14H2,1H3. The Labute approximate surface area is 180 Å². The molecule has 5 rings (SSSR count). The predicted octanol–water partition coefficient (Wildman–Crippen LogP) is 2.14. The van der Waals surface area contributed by atoms with Gasteiger partial charge in [-0.2, -0.15) is 0 Å². The van der Waals surface area contributed by atoms with Gasteiger partial charge in [0, 0.05) is 37.8 Å². The Morgan fingerprint density at radius 2 is 1.87 bits per heavy atom. The second-order valence-corrected chi connectivity index (χ2v) is 10.5. The van der Waals surface area contributed by atoms with E-state index in [0.29, 0.717) is 60.7 Å². The van der Waals surface area contributed by atoms with Crippen molar-refractivity contribution in [2.45, 2.75) is 19.4 Å². The third kappa shape index (κ3) is 3.83. The number of amides is 1. The van der Waals surface area contributed by atoms with Crippen LogP contribution < -0.4 is 0 Å². The lowest BCUT2D eigenvalue weighted by molar-refractivity contribution is 0.0589. The van der Waals surface area contributed by atoms with Crippen molar-refractivity contribution < 1.29 is 17.7 Å². The molecule has 2 saturated heterocycles. The van der Waals surface area contributed by atoms with Crippen LogP contribution in [0.3, 0.4) is 0 Å². The summed E-state index contributed by atoms with van der Waals surface area (Å²) in [5.74, 6) is 0.419. The fourth-order valence-corrected chi connectivity index (χ4v) is 6.31. The smallest absolute Gasteiger partial charge is 0.259 e. The van der Waals surface area contributed by atoms with Gasteiger partial charge in [0.15, 0.2) is 9.84 Å². The minimum Gasteiger partial charge on any atom is -0.336 e. The highest BCUT2D eigenvalue weighted by Gasteiger charge is 2.35. The number of aromatic nitrogens is 2. The molecule has 2 aliphatic rings. The van der Waals surface area contributed by atoms with Crippen LogP contribution in [-0.2, 0) is 9.84 Å². The number of sulfone groups is 1. The van der Waals surface area contributed by atoms with Gasteiger partial charge >= 0.3 is 0 Å². The number of pyridine rings is 1. The molecule has 1 amide bonds. The minimum atomic E-state index is -2.92. The van der Waals surface area contributed by atoms with Crippen LogP contribution in [0.15, 0.2) is 40.9 Å². The molecule has 0 aliphatic carbocycles. The van der Waals surface area contributed by atoms with Crippen molar-refractivity contribution in [1.82, 2.24) is 19.9 Å². The van der Waals surface area contributed by atoms with Crippen molar-refractivity contribution in [2.24, 2.45) is 0 Å². The quantitative estimate of drug-likeness (QED) is 0.616. The maximum atomic E-state index is 13.5. The summed E-state index contributed by atoms with van der Waals surface area (Å²) in [6.07, 6.45) is 0.682. The molecule has 0 saturated carbocycles. The van der Waals surface area contributed by atoms with Gasteiger partial charge in [-0.3, -0.25) is 9.69 Å². The molecular weight excluding hydrogens is 416 g/mol. The first-order valence-corrected chi connectivity index (χ1v) is 12.3. The van der Waals surface area contributed by atoms with Gasteiger partial charge in [0.1, 0.15) is 0 Å². The molecule has 1 aromatic carbocycles. The maximum absolute atomic E-state index is 13.5. The molecule has 1 unspecified atom stereocenters. The summed E-state index contributed by atoms with van der Waals surface area (Å²) in [5.41, 5.74) is 3.11. The summed E-state index contributed by atoms with van der Waals surface area (Å²) in [6.45, 7) is 4.28. The number of hydrogen-bond acceptors (Lipinski definition) is 7. The Morgan fingerprint density at radius 3 is 2.55 bits per heavy atom. The number of fused-ring (bicyclic) bond motifs is 1. The lowest BCUT2D eigenvalue weighted by Crippen LogP contribution is -2.52. The van der Waals surface area contributed by atoms with Crippen LogP contribution in [0, 0.1) is 6.92 Å². The van der Waals surface area contributed by atoms with E-state index in [1.54, 1.807) is 0 Å². The monoisotopic (exact) mass is 440 g/mol. The molecule has 2 aromatic heterocycles. The van der Waals surface area contributed by atoms with Gasteiger partial charge in [0.05, 0.1) is 33.8 Å². The van der Waals surface area contributed by atoms with Crippen LogP contribution in [0.25, 0.3) is 22.4 Å². The van der Waals surface area contributed by atoms with Crippen molar-refractivity contribution in [3.63, 3.8) is 0 Å². The van der Waals surface area contributed by atoms with E-state index < -0.39 is 9.84 Å². The summed E-state index contributed by atoms with van der Waals surface area (Å²) in [7, 11) is -2.92. The van der Waals surface area contributed by atoms with E-state index in [1.807, 2.05) is 48.2 Å². The van der Waals surface area contributed by atoms with Crippen LogP contribution >= 0.6 is 0 Å². The van der Waals surface area contributed by atoms with E-state index in [9.17, 15) is 13.2 Å². The number of hydrogen-bond donors (Lipinski definition) is 0. The highest BCUT2D eigenvalue weighted by atomic mass is 32.2. The number of carbonyl (C=O) groups excluding carboxylic acids is 1. The molecular formula is C22H24N4O4S. The highest BCUT2D eigenvalue weighted by Crippen LogP contribution is 2.28. The molecule has 4 heterocycles. The Bertz CT molecular complexity index is 1230. The zero-order chi connectivity index (χ0) is 21.6. The molecule has 3 aromatic rings. The molecule has 0 bridgehead atoms. The second-order valence-electron chi connectivity index (χ2n) is 8.25. The normalized spacial score (nSPS) is 21.6. The molecule has 2 aliphatic heterocycles. The lowest BCUT2D eigenvalue weighted by Gasteiger charge is -2.37. The van der Waals surface area contributed by atoms with Crippen molar-refractivity contribution in [2.75, 3.05) is 37.7 Å². The maximum Gasteiger partial charge on any atom is 0.259 e. The summed E-state index contributed by atoms with van der Waals surface area (Å²) < 4.78 is 29.0. The number of benzene rings is 1. The van der Waals surface area contributed by atoms with Gasteiger partial charge in [-0.05, 0) is 19.4 Å². The highest BCUT2D eigenvalue weighted by molar-refractivity contribution is 7.91. The average molecular weight is 441 g/mol. The molecule has 8 nitrogen and oxygen atoms in total. The second kappa shape index (κ2) is 7.72. The van der Waals surface area contributed by atoms with Gasteiger partial charge in [0.25, 0.3) is 11.6 Å². The Hall–Kier alpha value is -2.78. The van der Waals surface area contributed by atoms with Crippen molar-refractivity contribution >= 4 is 26.8 Å². The Morgan fingerprint density at radius 1 is 1.13 bits per heavy atom. The lowest BCUT2D eigenvalue weighted by atomic mass is 10.0. The number of carbonyl (C=O) groups is 1. The van der Waals surface area contributed by atoms with Crippen LogP contribution in [0.1, 0.15) is 22.5 Å². The number of piperazine rings is 1. The zero-order valence-corrected chi connectivity index (χ0v) is 18.1. The third-order valence-electron chi connectivity index (χ3n) is 6.24. The van der Waals surface area contributed by atoms with Gasteiger partial charge < -0.3 is 9.42 Å². The summed E-state index contributed by atoms with van der Waals surface area (Å²) >= 11 is 0. The summed E-state index contributed by atoms with van der Waals surface area (Å²) in [6, 6.07) is 11.6. The number of aryl methyl sites for hydroxylation is 1. The topological polar surface area (TPSA) is 96.6 Å². The van der Waals surface area contributed by atoms with Gasteiger partial charge in [-0.15, -0.1) is 0 Å². The van der Waals surface area contributed by atoms with Crippen LogP contribution in [0.2, 0.25) is 0 Å². The van der Waals surface area contributed by atoms with E-state index in [0.717, 1.165) is 5.56 Å². The number of rotatable bonds is 3. The van der Waals surface area contributed by atoms with E-state index >= 15 is 0 Å². The largest absolute Gasteiger partial charge is 0.336 e. The van der Waals surface area contributed by atoms with Crippen molar-refractivity contribution in [3.8, 4) is 11.3 Å². The molecule has 9 heteroatoms. The summed E-state index contributed by atoms with van der Waals surface area (Å²) in [5, 5.41) is 4.67. The predicted molar refractivity (Wildman–Crippen MR) is 117 cm³/mol. The first kappa shape index (κ1) is 20.1. The molecule has 31 heavy (non-hydrogen) atoms.